The van der Waals surface area contributed by atoms with Crippen molar-refractivity contribution in [1.29, 1.82) is 0 Å². The van der Waals surface area contributed by atoms with E-state index >= 15 is 0 Å². The lowest BCUT2D eigenvalue weighted by atomic mass is 9.93. The van der Waals surface area contributed by atoms with Crippen LogP contribution in [0.15, 0.2) is 35.9 Å². The molecule has 26 heavy (non-hydrogen) atoms. The summed E-state index contributed by atoms with van der Waals surface area (Å²) in [4.78, 5) is 0. The highest BCUT2D eigenvalue weighted by molar-refractivity contribution is 5.59. The molecule has 1 aliphatic rings. The number of phenols is 3. The number of rotatable bonds is 4. The highest BCUT2D eigenvalue weighted by Crippen LogP contribution is 2.47. The van der Waals surface area contributed by atoms with Crippen LogP contribution in [0.25, 0.3) is 0 Å². The molecular weight excluding hydrogens is 332 g/mol. The summed E-state index contributed by atoms with van der Waals surface area (Å²) in [7, 11) is 1.57. The number of phenolic OH excluding ortho intramolecular Hbond substituents is 3. The molecule has 0 unspecified atom stereocenters. The molecule has 0 radical (unpaired) electrons. The molecular formula is C21H24O5. The number of hydrogen-bond acceptors (Lipinski definition) is 5. The van der Waals surface area contributed by atoms with Gasteiger partial charge >= 0.3 is 0 Å². The van der Waals surface area contributed by atoms with Gasteiger partial charge in [0.05, 0.1) is 7.11 Å². The van der Waals surface area contributed by atoms with E-state index in [0.29, 0.717) is 36.3 Å². The fourth-order valence-electron chi connectivity index (χ4n) is 3.27. The number of aromatic hydroxyl groups is 3. The van der Waals surface area contributed by atoms with Gasteiger partial charge in [0.15, 0.2) is 0 Å². The smallest absolute Gasteiger partial charge is 0.134 e. The lowest BCUT2D eigenvalue weighted by molar-refractivity contribution is 0.168. The van der Waals surface area contributed by atoms with Crippen LogP contribution >= 0.6 is 0 Å². The minimum absolute atomic E-state index is 0.00332. The van der Waals surface area contributed by atoms with Crippen LogP contribution in [0.1, 0.15) is 43.1 Å². The molecule has 0 spiro atoms. The average molecular weight is 356 g/mol. The van der Waals surface area contributed by atoms with Gasteiger partial charge in [0.25, 0.3) is 0 Å². The molecule has 2 aromatic rings. The predicted octanol–water partition coefficient (Wildman–Crippen LogP) is 4.39. The predicted molar refractivity (Wildman–Crippen MR) is 99.3 cm³/mol. The van der Waals surface area contributed by atoms with Crippen LogP contribution in [-0.2, 0) is 12.8 Å². The number of allylic oxidation sites excluding steroid dienone is 2. The third kappa shape index (κ3) is 3.43. The third-order valence-corrected chi connectivity index (χ3v) is 4.63. The van der Waals surface area contributed by atoms with Crippen molar-refractivity contribution in [3.8, 4) is 28.7 Å². The summed E-state index contributed by atoms with van der Waals surface area (Å²) in [5.74, 6) is 1.35. The molecule has 138 valence electrons. The second-order valence-corrected chi connectivity index (χ2v) is 6.76. The molecule has 2 aromatic carbocycles. The zero-order valence-electron chi connectivity index (χ0n) is 15.2. The zero-order chi connectivity index (χ0) is 18.8. The molecule has 0 bridgehead atoms. The van der Waals surface area contributed by atoms with E-state index in [-0.39, 0.29) is 23.4 Å². The molecule has 1 heterocycles. The van der Waals surface area contributed by atoms with Gasteiger partial charge in [-0.2, -0.15) is 0 Å². The largest absolute Gasteiger partial charge is 0.508 e. The Balaban J connectivity index is 2.05. The summed E-state index contributed by atoms with van der Waals surface area (Å²) in [6.45, 7) is 4.05. The number of methoxy groups -OCH3 is 1. The maximum absolute atomic E-state index is 10.4. The molecule has 5 nitrogen and oxygen atoms in total. The van der Waals surface area contributed by atoms with E-state index in [9.17, 15) is 15.3 Å². The van der Waals surface area contributed by atoms with Gasteiger partial charge in [-0.15, -0.1) is 0 Å². The number of fused-ring (bicyclic) bond motifs is 1. The van der Waals surface area contributed by atoms with Crippen molar-refractivity contribution in [1.82, 2.24) is 0 Å². The molecule has 0 aromatic heterocycles. The Kier molecular flexibility index (Phi) is 4.98. The zero-order valence-corrected chi connectivity index (χ0v) is 15.2. The standard InChI is InChI=1S/C21H24O5/c1-12(2)4-6-16-20(25-3)11-18(24)15-8-9-19(26-21(15)16)14-7-5-13(22)10-17(14)23/h4-5,7,10-11,19,22-24H,6,8-9H2,1-3H3/t19-/m0/s1. The molecule has 1 aliphatic heterocycles. The van der Waals surface area contributed by atoms with E-state index in [1.165, 1.54) is 17.7 Å². The van der Waals surface area contributed by atoms with Crippen molar-refractivity contribution >= 4 is 0 Å². The molecule has 1 atom stereocenters. The van der Waals surface area contributed by atoms with Crippen LogP contribution in [0, 0.1) is 0 Å². The molecule has 0 saturated heterocycles. The summed E-state index contributed by atoms with van der Waals surface area (Å²) in [5.41, 5.74) is 3.43. The van der Waals surface area contributed by atoms with E-state index in [2.05, 4.69) is 6.08 Å². The van der Waals surface area contributed by atoms with Crippen molar-refractivity contribution in [2.45, 2.75) is 39.2 Å². The molecule has 0 fully saturated rings. The van der Waals surface area contributed by atoms with Crippen molar-refractivity contribution in [3.63, 3.8) is 0 Å². The molecule has 3 N–H and O–H groups in total. The first-order valence-electron chi connectivity index (χ1n) is 8.64. The van der Waals surface area contributed by atoms with Gasteiger partial charge in [-0.05, 0) is 45.2 Å². The molecule has 0 aliphatic carbocycles. The SMILES string of the molecule is COc1cc(O)c2c(c1CC=C(C)C)O[C@H](c1ccc(O)cc1O)CC2. The lowest BCUT2D eigenvalue weighted by Crippen LogP contribution is -2.17. The van der Waals surface area contributed by atoms with Gasteiger partial charge in [-0.1, -0.05) is 11.6 Å². The Morgan fingerprint density at radius 2 is 1.96 bits per heavy atom. The Labute approximate surface area is 153 Å². The highest BCUT2D eigenvalue weighted by atomic mass is 16.5. The van der Waals surface area contributed by atoms with E-state index in [0.717, 1.165) is 11.1 Å². The van der Waals surface area contributed by atoms with Gasteiger partial charge in [0.2, 0.25) is 0 Å². The lowest BCUT2D eigenvalue weighted by Gasteiger charge is -2.30. The maximum Gasteiger partial charge on any atom is 0.134 e. The fraction of sp³-hybridized carbons (Fsp3) is 0.333. The van der Waals surface area contributed by atoms with Crippen molar-refractivity contribution < 1.29 is 24.8 Å². The van der Waals surface area contributed by atoms with Crippen molar-refractivity contribution in [3.05, 3.63) is 52.6 Å². The second-order valence-electron chi connectivity index (χ2n) is 6.76. The normalized spacial score (nSPS) is 15.7. The van der Waals surface area contributed by atoms with Crippen molar-refractivity contribution in [2.75, 3.05) is 7.11 Å². The first-order valence-corrected chi connectivity index (χ1v) is 8.64. The Morgan fingerprint density at radius 3 is 2.62 bits per heavy atom. The molecule has 0 saturated carbocycles. The van der Waals surface area contributed by atoms with Gasteiger partial charge < -0.3 is 24.8 Å². The van der Waals surface area contributed by atoms with Crippen LogP contribution in [0.4, 0.5) is 0 Å². The maximum atomic E-state index is 10.4. The van der Waals surface area contributed by atoms with Crippen molar-refractivity contribution in [2.24, 2.45) is 0 Å². The summed E-state index contributed by atoms with van der Waals surface area (Å²) in [6.07, 6.45) is 3.59. The monoisotopic (exact) mass is 356 g/mol. The van der Waals surface area contributed by atoms with E-state index in [4.69, 9.17) is 9.47 Å². The number of ether oxygens (including phenoxy) is 2. The van der Waals surface area contributed by atoms with Crippen LogP contribution < -0.4 is 9.47 Å². The minimum Gasteiger partial charge on any atom is -0.508 e. The minimum atomic E-state index is -0.361. The summed E-state index contributed by atoms with van der Waals surface area (Å²) < 4.78 is 11.7. The van der Waals surface area contributed by atoms with E-state index < -0.39 is 0 Å². The van der Waals surface area contributed by atoms with Crippen LogP contribution in [0.5, 0.6) is 28.7 Å². The second kappa shape index (κ2) is 7.20. The van der Waals surface area contributed by atoms with Crippen LogP contribution in [-0.4, -0.2) is 22.4 Å². The topological polar surface area (TPSA) is 79.2 Å². The average Bonchev–Trinajstić information content (AvgIpc) is 2.60. The van der Waals surface area contributed by atoms with Gasteiger partial charge in [-0.3, -0.25) is 0 Å². The van der Waals surface area contributed by atoms with Crippen LogP contribution in [0.3, 0.4) is 0 Å². The fourth-order valence-corrected chi connectivity index (χ4v) is 3.27. The highest BCUT2D eigenvalue weighted by Gasteiger charge is 2.29. The first kappa shape index (κ1) is 18.0. The third-order valence-electron chi connectivity index (χ3n) is 4.63. The molecule has 0 amide bonds. The first-order chi connectivity index (χ1) is 12.4. The van der Waals surface area contributed by atoms with Gasteiger partial charge in [0, 0.05) is 28.8 Å². The quantitative estimate of drug-likeness (QED) is 0.708. The summed E-state index contributed by atoms with van der Waals surface area (Å²) >= 11 is 0. The van der Waals surface area contributed by atoms with Crippen LogP contribution in [0.2, 0.25) is 0 Å². The summed E-state index contributed by atoms with van der Waals surface area (Å²) in [5, 5.41) is 30.0. The number of hydrogen-bond donors (Lipinski definition) is 3. The number of benzene rings is 2. The molecule has 3 rings (SSSR count). The van der Waals surface area contributed by atoms with Gasteiger partial charge in [0.1, 0.15) is 34.9 Å². The Morgan fingerprint density at radius 1 is 1.19 bits per heavy atom. The van der Waals surface area contributed by atoms with E-state index in [1.807, 2.05) is 13.8 Å². The van der Waals surface area contributed by atoms with E-state index in [1.54, 1.807) is 19.2 Å². The summed E-state index contributed by atoms with van der Waals surface area (Å²) in [6, 6.07) is 6.13. The van der Waals surface area contributed by atoms with Gasteiger partial charge in [-0.25, -0.2) is 0 Å². The Bertz CT molecular complexity index is 850. The Hall–Kier alpha value is -2.82. The molecule has 5 heteroatoms.